The van der Waals surface area contributed by atoms with Crippen molar-refractivity contribution in [3.8, 4) is 11.5 Å². The Labute approximate surface area is 135 Å². The van der Waals surface area contributed by atoms with E-state index in [1.54, 1.807) is 19.1 Å². The molecule has 2 atom stereocenters. The van der Waals surface area contributed by atoms with Gasteiger partial charge in [0.2, 0.25) is 0 Å². The van der Waals surface area contributed by atoms with E-state index >= 15 is 0 Å². The first-order valence-corrected chi connectivity index (χ1v) is 7.42. The normalized spacial score (nSPS) is 13.2. The highest BCUT2D eigenvalue weighted by Gasteiger charge is 2.18. The molecule has 2 rings (SSSR count). The predicted molar refractivity (Wildman–Crippen MR) is 87.6 cm³/mol. The van der Waals surface area contributed by atoms with Gasteiger partial charge < -0.3 is 20.3 Å². The van der Waals surface area contributed by atoms with Gasteiger partial charge in [-0.05, 0) is 31.0 Å². The number of ether oxygens (including phenoxy) is 1. The summed E-state index contributed by atoms with van der Waals surface area (Å²) >= 11 is 0. The van der Waals surface area contributed by atoms with Gasteiger partial charge in [0.15, 0.2) is 11.5 Å². The molecule has 2 aromatic rings. The van der Waals surface area contributed by atoms with Crippen LogP contribution >= 0.6 is 0 Å². The average molecular weight is 315 g/mol. The van der Waals surface area contributed by atoms with E-state index in [2.05, 4.69) is 5.32 Å². The van der Waals surface area contributed by atoms with Gasteiger partial charge in [-0.3, -0.25) is 4.79 Å². The van der Waals surface area contributed by atoms with E-state index in [1.807, 2.05) is 30.3 Å². The largest absolute Gasteiger partial charge is 0.504 e. The quantitative estimate of drug-likeness (QED) is 0.766. The fraction of sp³-hybridized carbons (Fsp3) is 0.278. The van der Waals surface area contributed by atoms with Crippen molar-refractivity contribution in [2.75, 3.05) is 7.11 Å². The second-order valence-electron chi connectivity index (χ2n) is 5.39. The summed E-state index contributed by atoms with van der Waals surface area (Å²) in [5.41, 5.74) is 0.947. The lowest BCUT2D eigenvalue weighted by Gasteiger charge is -2.19. The van der Waals surface area contributed by atoms with E-state index in [9.17, 15) is 15.0 Å². The molecule has 3 N–H and O–H groups in total. The highest BCUT2D eigenvalue weighted by atomic mass is 16.5. The Morgan fingerprint density at radius 3 is 2.52 bits per heavy atom. The van der Waals surface area contributed by atoms with Crippen LogP contribution in [0, 0.1) is 0 Å². The highest BCUT2D eigenvalue weighted by molar-refractivity contribution is 5.97. The Morgan fingerprint density at radius 1 is 1.17 bits per heavy atom. The second-order valence-corrected chi connectivity index (χ2v) is 5.39. The number of benzene rings is 2. The number of aromatic hydroxyl groups is 1. The maximum Gasteiger partial charge on any atom is 0.255 e. The van der Waals surface area contributed by atoms with Gasteiger partial charge in [-0.1, -0.05) is 36.4 Å². The highest BCUT2D eigenvalue weighted by Crippen LogP contribution is 2.29. The predicted octanol–water partition coefficient (Wildman–Crippen LogP) is 2.64. The van der Waals surface area contributed by atoms with Crippen molar-refractivity contribution in [2.45, 2.75) is 25.5 Å². The summed E-state index contributed by atoms with van der Waals surface area (Å²) < 4.78 is 4.99. The molecule has 0 saturated carbocycles. The molecule has 0 radical (unpaired) electrons. The third kappa shape index (κ3) is 4.23. The minimum Gasteiger partial charge on any atom is -0.504 e. The lowest BCUT2D eigenvalue weighted by Crippen LogP contribution is -2.33. The Morgan fingerprint density at radius 2 is 1.87 bits per heavy atom. The van der Waals surface area contributed by atoms with E-state index in [-0.39, 0.29) is 23.1 Å². The third-order valence-corrected chi connectivity index (χ3v) is 3.60. The maximum absolute atomic E-state index is 12.3. The topological polar surface area (TPSA) is 78.8 Å². The van der Waals surface area contributed by atoms with Gasteiger partial charge in [0.05, 0.1) is 18.8 Å². The van der Waals surface area contributed by atoms with E-state index in [0.29, 0.717) is 6.42 Å². The summed E-state index contributed by atoms with van der Waals surface area (Å²) in [6.45, 7) is 1.81. The van der Waals surface area contributed by atoms with Gasteiger partial charge in [0.25, 0.3) is 5.91 Å². The number of amides is 1. The molecular formula is C18H21NO4. The van der Waals surface area contributed by atoms with E-state index < -0.39 is 12.0 Å². The van der Waals surface area contributed by atoms with E-state index in [4.69, 9.17) is 4.74 Å². The first-order valence-electron chi connectivity index (χ1n) is 7.42. The number of nitrogens with one attached hydrogen (secondary N) is 1. The molecule has 0 bridgehead atoms. The molecule has 0 unspecified atom stereocenters. The maximum atomic E-state index is 12.3. The lowest BCUT2D eigenvalue weighted by atomic mass is 10.0. The molecule has 5 nitrogen and oxygen atoms in total. The van der Waals surface area contributed by atoms with Crippen molar-refractivity contribution in [1.82, 2.24) is 5.32 Å². The number of phenols is 1. The van der Waals surface area contributed by atoms with Crippen LogP contribution in [0.4, 0.5) is 0 Å². The number of carbonyl (C=O) groups excluding carboxylic acids is 1. The monoisotopic (exact) mass is 315 g/mol. The second kappa shape index (κ2) is 7.65. The fourth-order valence-corrected chi connectivity index (χ4v) is 2.38. The molecule has 0 aliphatic carbocycles. The zero-order chi connectivity index (χ0) is 16.8. The summed E-state index contributed by atoms with van der Waals surface area (Å²) in [6.07, 6.45) is -0.286. The molecule has 0 spiro atoms. The number of carbonyl (C=O) groups is 1. The lowest BCUT2D eigenvalue weighted by molar-refractivity contribution is 0.0913. The van der Waals surface area contributed by atoms with Crippen molar-refractivity contribution in [1.29, 1.82) is 0 Å². The first kappa shape index (κ1) is 16.8. The number of rotatable bonds is 6. The van der Waals surface area contributed by atoms with Crippen LogP contribution in [-0.4, -0.2) is 29.3 Å². The van der Waals surface area contributed by atoms with Gasteiger partial charge in [-0.15, -0.1) is 0 Å². The van der Waals surface area contributed by atoms with Crippen molar-refractivity contribution in [3.05, 3.63) is 59.7 Å². The van der Waals surface area contributed by atoms with Crippen LogP contribution in [0.5, 0.6) is 11.5 Å². The number of aliphatic hydroxyl groups excluding tert-OH is 1. The van der Waals surface area contributed by atoms with Gasteiger partial charge in [0, 0.05) is 6.04 Å². The average Bonchev–Trinajstić information content (AvgIpc) is 2.55. The summed E-state index contributed by atoms with van der Waals surface area (Å²) in [5.74, 6) is -0.355. The van der Waals surface area contributed by atoms with Crippen molar-refractivity contribution in [3.63, 3.8) is 0 Å². The summed E-state index contributed by atoms with van der Waals surface area (Å²) in [6, 6.07) is 13.8. The number of hydrogen-bond donors (Lipinski definition) is 3. The first-order chi connectivity index (χ1) is 11.0. The zero-order valence-corrected chi connectivity index (χ0v) is 13.2. The molecule has 122 valence electrons. The standard InChI is InChI=1S/C18H21NO4/c1-12(11-15(20)13-7-4-3-5-8-13)19-18(22)14-9-6-10-16(23-2)17(14)21/h3-10,12,15,20-21H,11H2,1-2H3,(H,19,22)/t12-,15+/m1/s1. The van der Waals surface area contributed by atoms with E-state index in [1.165, 1.54) is 13.2 Å². The van der Waals surface area contributed by atoms with E-state index in [0.717, 1.165) is 5.56 Å². The molecule has 0 fully saturated rings. The van der Waals surface area contributed by atoms with Crippen molar-refractivity contribution < 1.29 is 19.7 Å². The molecule has 0 saturated heterocycles. The van der Waals surface area contributed by atoms with Crippen molar-refractivity contribution in [2.24, 2.45) is 0 Å². The van der Waals surface area contributed by atoms with Gasteiger partial charge in [-0.25, -0.2) is 0 Å². The van der Waals surface area contributed by atoms with Crippen LogP contribution in [0.15, 0.2) is 48.5 Å². The van der Waals surface area contributed by atoms with Crippen LogP contribution in [-0.2, 0) is 0 Å². The molecule has 0 aromatic heterocycles. The van der Waals surface area contributed by atoms with Gasteiger partial charge in [0.1, 0.15) is 0 Å². The summed E-state index contributed by atoms with van der Waals surface area (Å²) in [5, 5.41) is 23.0. The number of para-hydroxylation sites is 1. The zero-order valence-electron chi connectivity index (χ0n) is 13.2. The van der Waals surface area contributed by atoms with Crippen LogP contribution in [0.1, 0.15) is 35.4 Å². The van der Waals surface area contributed by atoms with Crippen LogP contribution in [0.3, 0.4) is 0 Å². The molecule has 2 aromatic carbocycles. The molecule has 0 aliphatic rings. The van der Waals surface area contributed by atoms with Crippen LogP contribution in [0.25, 0.3) is 0 Å². The molecule has 5 heteroatoms. The number of hydrogen-bond acceptors (Lipinski definition) is 4. The van der Waals surface area contributed by atoms with Crippen molar-refractivity contribution >= 4 is 5.91 Å². The number of methoxy groups -OCH3 is 1. The Kier molecular flexibility index (Phi) is 5.60. The fourth-order valence-electron chi connectivity index (χ4n) is 2.38. The molecule has 0 aliphatic heterocycles. The minimum atomic E-state index is -0.662. The molecule has 23 heavy (non-hydrogen) atoms. The van der Waals surface area contributed by atoms with Crippen LogP contribution < -0.4 is 10.1 Å². The molecular weight excluding hydrogens is 294 g/mol. The van der Waals surface area contributed by atoms with Crippen LogP contribution in [0.2, 0.25) is 0 Å². The number of aliphatic hydroxyl groups is 1. The van der Waals surface area contributed by atoms with Gasteiger partial charge >= 0.3 is 0 Å². The Bertz CT molecular complexity index is 657. The Hall–Kier alpha value is -2.53. The molecule has 1 amide bonds. The van der Waals surface area contributed by atoms with Gasteiger partial charge in [-0.2, -0.15) is 0 Å². The molecule has 0 heterocycles. The SMILES string of the molecule is COc1cccc(C(=O)N[C@H](C)C[C@H](O)c2ccccc2)c1O. The number of phenolic OH excluding ortho intramolecular Hbond substituents is 1. The minimum absolute atomic E-state index is 0.144. The summed E-state index contributed by atoms with van der Waals surface area (Å²) in [7, 11) is 1.43. The summed E-state index contributed by atoms with van der Waals surface area (Å²) in [4.78, 5) is 12.3. The Balaban J connectivity index is 2.00. The third-order valence-electron chi connectivity index (χ3n) is 3.60. The smallest absolute Gasteiger partial charge is 0.255 e.